The maximum absolute atomic E-state index is 12.6. The molecule has 0 N–H and O–H groups in total. The monoisotopic (exact) mass is 342 g/mol. The van der Waals surface area contributed by atoms with Crippen LogP contribution in [0, 0.1) is 0 Å². The molecule has 0 bridgehead atoms. The van der Waals surface area contributed by atoms with Crippen molar-refractivity contribution < 1.29 is 9.53 Å². The number of fused-ring (bicyclic) bond motifs is 1. The molecular formula is C22H18N2O2. The summed E-state index contributed by atoms with van der Waals surface area (Å²) in [6.07, 6.45) is 3.09. The zero-order valence-corrected chi connectivity index (χ0v) is 14.2. The molecule has 4 heteroatoms. The van der Waals surface area contributed by atoms with Crippen molar-refractivity contribution >= 4 is 16.9 Å². The van der Waals surface area contributed by atoms with Crippen molar-refractivity contribution in [3.8, 4) is 0 Å². The second kappa shape index (κ2) is 7.23. The Labute approximate surface area is 151 Å². The van der Waals surface area contributed by atoms with Gasteiger partial charge in [-0.05, 0) is 35.2 Å². The van der Waals surface area contributed by atoms with Gasteiger partial charge in [-0.2, -0.15) is 0 Å². The minimum atomic E-state index is -0.522. The predicted octanol–water partition coefficient (Wildman–Crippen LogP) is 4.37. The van der Waals surface area contributed by atoms with E-state index in [-0.39, 0.29) is 12.5 Å². The number of para-hydroxylation sites is 1. The van der Waals surface area contributed by atoms with E-state index in [0.717, 1.165) is 16.5 Å². The molecule has 0 radical (unpaired) electrons. The lowest BCUT2D eigenvalue weighted by Crippen LogP contribution is -2.18. The van der Waals surface area contributed by atoms with Crippen molar-refractivity contribution in [1.82, 2.24) is 9.55 Å². The fourth-order valence-corrected chi connectivity index (χ4v) is 3.04. The Kier molecular flexibility index (Phi) is 4.48. The zero-order valence-electron chi connectivity index (χ0n) is 14.2. The Balaban J connectivity index is 1.58. The molecule has 0 aliphatic heterocycles. The minimum Gasteiger partial charge on any atom is -0.450 e. The lowest BCUT2D eigenvalue weighted by atomic mass is 10.1. The van der Waals surface area contributed by atoms with Gasteiger partial charge < -0.3 is 9.30 Å². The van der Waals surface area contributed by atoms with Crippen LogP contribution in [0.25, 0.3) is 10.9 Å². The summed E-state index contributed by atoms with van der Waals surface area (Å²) in [5, 5.41) is 1.10. The number of esters is 1. The zero-order chi connectivity index (χ0) is 17.8. The lowest BCUT2D eigenvalue weighted by molar-refractivity contribution is -0.148. The van der Waals surface area contributed by atoms with Gasteiger partial charge in [-0.3, -0.25) is 9.78 Å². The van der Waals surface area contributed by atoms with Gasteiger partial charge in [-0.15, -0.1) is 0 Å². The molecule has 0 spiro atoms. The van der Waals surface area contributed by atoms with Crippen molar-refractivity contribution in [2.24, 2.45) is 0 Å². The lowest BCUT2D eigenvalue weighted by Gasteiger charge is -2.18. The third kappa shape index (κ3) is 3.35. The van der Waals surface area contributed by atoms with Gasteiger partial charge in [0, 0.05) is 17.9 Å². The third-order valence-corrected chi connectivity index (χ3v) is 4.29. The molecule has 4 nitrogen and oxygen atoms in total. The van der Waals surface area contributed by atoms with Crippen LogP contribution < -0.4 is 0 Å². The summed E-state index contributed by atoms with van der Waals surface area (Å²) in [5.74, 6) is -0.300. The molecule has 0 saturated heterocycles. The number of ether oxygens (including phenoxy) is 1. The summed E-state index contributed by atoms with van der Waals surface area (Å²) in [5.41, 5.74) is 2.62. The molecule has 0 amide bonds. The number of aromatic nitrogens is 2. The molecule has 4 aromatic rings. The van der Waals surface area contributed by atoms with E-state index in [2.05, 4.69) is 4.98 Å². The van der Waals surface area contributed by atoms with Crippen molar-refractivity contribution in [3.05, 3.63) is 103 Å². The smallest absolute Gasteiger partial charge is 0.326 e. The van der Waals surface area contributed by atoms with Crippen molar-refractivity contribution in [2.45, 2.75) is 12.6 Å². The molecule has 26 heavy (non-hydrogen) atoms. The second-order valence-electron chi connectivity index (χ2n) is 6.04. The molecular weight excluding hydrogens is 324 g/mol. The number of carbonyl (C=O) groups is 1. The molecule has 2 aromatic carbocycles. The topological polar surface area (TPSA) is 44.1 Å². The highest BCUT2D eigenvalue weighted by Gasteiger charge is 2.20. The predicted molar refractivity (Wildman–Crippen MR) is 101 cm³/mol. The molecule has 0 unspecified atom stereocenters. The molecule has 4 rings (SSSR count). The van der Waals surface area contributed by atoms with Crippen molar-refractivity contribution in [1.29, 1.82) is 0 Å². The van der Waals surface area contributed by atoms with Crippen LogP contribution in [0.5, 0.6) is 0 Å². The van der Waals surface area contributed by atoms with Gasteiger partial charge in [0.15, 0.2) is 6.10 Å². The second-order valence-corrected chi connectivity index (χ2v) is 6.04. The summed E-state index contributed by atoms with van der Waals surface area (Å²) in [6, 6.07) is 25.3. The van der Waals surface area contributed by atoms with Crippen LogP contribution in [0.3, 0.4) is 0 Å². The molecule has 1 atom stereocenters. The molecule has 0 fully saturated rings. The van der Waals surface area contributed by atoms with E-state index in [9.17, 15) is 4.79 Å². The summed E-state index contributed by atoms with van der Waals surface area (Å²) < 4.78 is 7.72. The van der Waals surface area contributed by atoms with Crippen LogP contribution >= 0.6 is 0 Å². The summed E-state index contributed by atoms with van der Waals surface area (Å²) >= 11 is 0. The van der Waals surface area contributed by atoms with Crippen LogP contribution in [0.15, 0.2) is 91.3 Å². The quantitative estimate of drug-likeness (QED) is 0.506. The first-order chi connectivity index (χ1) is 12.8. The van der Waals surface area contributed by atoms with Crippen molar-refractivity contribution in [2.75, 3.05) is 0 Å². The number of hydrogen-bond acceptors (Lipinski definition) is 3. The average molecular weight is 342 g/mol. The van der Waals surface area contributed by atoms with Gasteiger partial charge >= 0.3 is 5.97 Å². The summed E-state index contributed by atoms with van der Waals surface area (Å²) in [4.78, 5) is 17.0. The highest BCUT2D eigenvalue weighted by Crippen LogP contribution is 2.25. The Bertz CT molecular complexity index is 970. The normalized spacial score (nSPS) is 12.0. The van der Waals surface area contributed by atoms with E-state index in [1.54, 1.807) is 6.20 Å². The van der Waals surface area contributed by atoms with Gasteiger partial charge in [0.25, 0.3) is 0 Å². The van der Waals surface area contributed by atoms with Gasteiger partial charge in [-0.25, -0.2) is 0 Å². The maximum atomic E-state index is 12.6. The highest BCUT2D eigenvalue weighted by atomic mass is 16.5. The number of rotatable bonds is 5. The highest BCUT2D eigenvalue weighted by molar-refractivity contribution is 5.82. The number of benzene rings is 2. The first-order valence-corrected chi connectivity index (χ1v) is 8.50. The maximum Gasteiger partial charge on any atom is 0.326 e. The van der Waals surface area contributed by atoms with Crippen LogP contribution in [0.1, 0.15) is 17.4 Å². The minimum absolute atomic E-state index is 0.156. The summed E-state index contributed by atoms with van der Waals surface area (Å²) in [7, 11) is 0. The first-order valence-electron chi connectivity index (χ1n) is 8.50. The van der Waals surface area contributed by atoms with E-state index in [4.69, 9.17) is 4.74 Å². The molecule has 2 aromatic heterocycles. The fourth-order valence-electron chi connectivity index (χ4n) is 3.04. The third-order valence-electron chi connectivity index (χ3n) is 4.29. The van der Waals surface area contributed by atoms with E-state index in [1.165, 1.54) is 0 Å². The number of pyridine rings is 1. The van der Waals surface area contributed by atoms with Gasteiger partial charge in [0.05, 0.1) is 5.69 Å². The number of carbonyl (C=O) groups excluding carboxylic acids is 1. The first kappa shape index (κ1) is 16.1. The largest absolute Gasteiger partial charge is 0.450 e. The molecule has 2 heterocycles. The van der Waals surface area contributed by atoms with E-state index < -0.39 is 6.10 Å². The van der Waals surface area contributed by atoms with Gasteiger partial charge in [-0.1, -0.05) is 54.6 Å². The van der Waals surface area contributed by atoms with Gasteiger partial charge in [0.1, 0.15) is 6.54 Å². The van der Waals surface area contributed by atoms with Crippen LogP contribution in [0.4, 0.5) is 0 Å². The van der Waals surface area contributed by atoms with Crippen LogP contribution in [0.2, 0.25) is 0 Å². The Morgan fingerprint density at radius 2 is 1.69 bits per heavy atom. The average Bonchev–Trinajstić information content (AvgIpc) is 3.10. The Hall–Kier alpha value is -3.40. The fraction of sp³-hybridized carbons (Fsp3) is 0.0909. The van der Waals surface area contributed by atoms with E-state index in [0.29, 0.717) is 5.69 Å². The Morgan fingerprint density at radius 1 is 0.923 bits per heavy atom. The summed E-state index contributed by atoms with van der Waals surface area (Å²) in [6.45, 7) is 0.156. The molecule has 0 aliphatic rings. The molecule has 0 aliphatic carbocycles. The van der Waals surface area contributed by atoms with Gasteiger partial charge in [0.2, 0.25) is 0 Å². The van der Waals surface area contributed by atoms with Crippen molar-refractivity contribution in [3.63, 3.8) is 0 Å². The van der Waals surface area contributed by atoms with E-state index in [1.807, 2.05) is 89.6 Å². The molecule has 128 valence electrons. The Morgan fingerprint density at radius 3 is 2.50 bits per heavy atom. The van der Waals surface area contributed by atoms with Crippen LogP contribution in [-0.4, -0.2) is 15.5 Å². The van der Waals surface area contributed by atoms with E-state index >= 15 is 0 Å². The number of nitrogens with zero attached hydrogens (tertiary/aromatic N) is 2. The SMILES string of the molecule is O=C(Cn1ccc2ccccc21)O[C@@H](c1ccccc1)c1ccccn1. The molecule has 0 saturated carbocycles. The number of hydrogen-bond donors (Lipinski definition) is 0. The van der Waals surface area contributed by atoms with Crippen LogP contribution in [-0.2, 0) is 16.1 Å². The standard InChI is InChI=1S/C22H18N2O2/c25-21(16-24-15-13-17-8-4-5-12-20(17)24)26-22(18-9-2-1-3-10-18)19-11-6-7-14-23-19/h1-15,22H,16H2/t22-/m0/s1.